The summed E-state index contributed by atoms with van der Waals surface area (Å²) in [6.07, 6.45) is 6.44. The Hall–Kier alpha value is -1.19. The number of sulfone groups is 1. The molecule has 0 aromatic carbocycles. The molecular weight excluding hydrogens is 430 g/mol. The first kappa shape index (κ1) is 24.0. The Morgan fingerprint density at radius 2 is 1.56 bits per heavy atom. The van der Waals surface area contributed by atoms with E-state index in [1.54, 1.807) is 0 Å². The summed E-state index contributed by atoms with van der Waals surface area (Å²) in [7, 11) is -3.03. The molecule has 9 heteroatoms. The fraction of sp³-hybridized carbons (Fsp3) is 0.913. The van der Waals surface area contributed by atoms with E-state index in [0.717, 1.165) is 51.6 Å². The lowest BCUT2D eigenvalue weighted by Crippen LogP contribution is -2.53. The molecule has 0 unspecified atom stereocenters. The number of nitrogens with zero attached hydrogens (tertiary/aromatic N) is 3. The smallest absolute Gasteiger partial charge is 0.237 e. The molecule has 4 fully saturated rings. The number of hydrogen-bond acceptors (Lipinski definition) is 6. The summed E-state index contributed by atoms with van der Waals surface area (Å²) in [5, 5.41) is 0. The highest BCUT2D eigenvalue weighted by Gasteiger charge is 2.40. The zero-order valence-electron chi connectivity index (χ0n) is 19.6. The average Bonchev–Trinajstić information content (AvgIpc) is 3.37. The number of hydrogen-bond donors (Lipinski definition) is 0. The molecule has 0 spiro atoms. The summed E-state index contributed by atoms with van der Waals surface area (Å²) in [5.74, 6) is 0.619. The summed E-state index contributed by atoms with van der Waals surface area (Å²) in [5.41, 5.74) is 0. The van der Waals surface area contributed by atoms with E-state index in [1.165, 1.54) is 0 Å². The minimum Gasteiger partial charge on any atom is -0.372 e. The van der Waals surface area contributed by atoms with Crippen LogP contribution in [-0.2, 0) is 24.2 Å². The molecule has 3 heterocycles. The Balaban J connectivity index is 1.31. The van der Waals surface area contributed by atoms with Crippen LogP contribution in [0, 0.1) is 5.92 Å². The van der Waals surface area contributed by atoms with E-state index >= 15 is 0 Å². The van der Waals surface area contributed by atoms with Gasteiger partial charge in [0.1, 0.15) is 0 Å². The number of carbonyl (C=O) groups is 2. The van der Waals surface area contributed by atoms with Gasteiger partial charge in [0.25, 0.3) is 0 Å². The maximum absolute atomic E-state index is 13.3. The molecule has 0 aromatic heterocycles. The zero-order valence-corrected chi connectivity index (χ0v) is 20.4. The number of morpholine rings is 1. The van der Waals surface area contributed by atoms with E-state index in [0.29, 0.717) is 26.1 Å². The van der Waals surface area contributed by atoms with Crippen LogP contribution in [0.3, 0.4) is 0 Å². The maximum atomic E-state index is 13.3. The van der Waals surface area contributed by atoms with Gasteiger partial charge in [-0.05, 0) is 59.0 Å². The van der Waals surface area contributed by atoms with Gasteiger partial charge in [0, 0.05) is 31.1 Å². The second-order valence-corrected chi connectivity index (χ2v) is 12.6. The van der Waals surface area contributed by atoms with E-state index in [4.69, 9.17) is 4.74 Å². The highest BCUT2D eigenvalue weighted by Crippen LogP contribution is 2.30. The van der Waals surface area contributed by atoms with Crippen molar-refractivity contribution in [3.63, 3.8) is 0 Å². The molecule has 0 aromatic rings. The van der Waals surface area contributed by atoms with Gasteiger partial charge in [0.2, 0.25) is 11.8 Å². The van der Waals surface area contributed by atoms with Gasteiger partial charge in [-0.25, -0.2) is 8.42 Å². The molecule has 1 saturated carbocycles. The minimum absolute atomic E-state index is 0.0183. The average molecular weight is 470 g/mol. The molecule has 8 nitrogen and oxygen atoms in total. The third-order valence-corrected chi connectivity index (χ3v) is 9.39. The second-order valence-electron chi connectivity index (χ2n) is 10.3. The molecule has 3 aliphatic heterocycles. The first-order valence-corrected chi connectivity index (χ1v) is 14.2. The third-order valence-electron chi connectivity index (χ3n) is 7.63. The van der Waals surface area contributed by atoms with Crippen LogP contribution in [-0.4, -0.2) is 103 Å². The SMILES string of the molecule is C[C@@H]1CN(C(=O)C2CCN(CC(=O)N(C3CCCC3)[C@H]3CCS(=O)(=O)C3)CC2)C[C@@H](C)O1. The third kappa shape index (κ3) is 5.65. The quantitative estimate of drug-likeness (QED) is 0.603. The number of amides is 2. The molecule has 2 amide bonds. The number of likely N-dealkylation sites (tertiary alicyclic amines) is 1. The molecule has 4 aliphatic rings. The van der Waals surface area contributed by atoms with Gasteiger partial charge in [-0.15, -0.1) is 0 Å². The largest absolute Gasteiger partial charge is 0.372 e. The van der Waals surface area contributed by atoms with Crippen LogP contribution in [0.15, 0.2) is 0 Å². The molecule has 3 saturated heterocycles. The molecule has 182 valence electrons. The van der Waals surface area contributed by atoms with Crippen molar-refractivity contribution in [2.45, 2.75) is 83.1 Å². The monoisotopic (exact) mass is 469 g/mol. The van der Waals surface area contributed by atoms with Crippen LogP contribution in [0.25, 0.3) is 0 Å². The van der Waals surface area contributed by atoms with E-state index in [2.05, 4.69) is 4.90 Å². The lowest BCUT2D eigenvalue weighted by Gasteiger charge is -2.40. The zero-order chi connectivity index (χ0) is 22.9. The number of ether oxygens (including phenoxy) is 1. The first-order valence-electron chi connectivity index (χ1n) is 12.4. The Labute approximate surface area is 192 Å². The molecule has 32 heavy (non-hydrogen) atoms. The Bertz CT molecular complexity index is 779. The molecular formula is C23H39N3O5S. The molecule has 0 N–H and O–H groups in total. The van der Waals surface area contributed by atoms with Crippen molar-refractivity contribution < 1.29 is 22.7 Å². The van der Waals surface area contributed by atoms with Crippen LogP contribution in [0.1, 0.15) is 58.8 Å². The van der Waals surface area contributed by atoms with Gasteiger partial charge in [0.05, 0.1) is 30.3 Å². The van der Waals surface area contributed by atoms with Gasteiger partial charge in [-0.1, -0.05) is 12.8 Å². The van der Waals surface area contributed by atoms with Crippen molar-refractivity contribution in [3.05, 3.63) is 0 Å². The number of piperidine rings is 1. The van der Waals surface area contributed by atoms with Crippen LogP contribution in [0.2, 0.25) is 0 Å². The fourth-order valence-electron chi connectivity index (χ4n) is 6.11. The summed E-state index contributed by atoms with van der Waals surface area (Å²) < 4.78 is 29.9. The first-order chi connectivity index (χ1) is 15.2. The van der Waals surface area contributed by atoms with Crippen LogP contribution < -0.4 is 0 Å². The lowest BCUT2D eigenvalue weighted by atomic mass is 9.94. The summed E-state index contributed by atoms with van der Waals surface area (Å²) >= 11 is 0. The predicted molar refractivity (Wildman–Crippen MR) is 122 cm³/mol. The van der Waals surface area contributed by atoms with E-state index in [1.807, 2.05) is 23.6 Å². The van der Waals surface area contributed by atoms with E-state index in [9.17, 15) is 18.0 Å². The van der Waals surface area contributed by atoms with Gasteiger partial charge in [0.15, 0.2) is 9.84 Å². The van der Waals surface area contributed by atoms with Crippen molar-refractivity contribution in [2.24, 2.45) is 5.92 Å². The van der Waals surface area contributed by atoms with Crippen molar-refractivity contribution >= 4 is 21.7 Å². The fourth-order valence-corrected chi connectivity index (χ4v) is 7.82. The lowest BCUT2D eigenvalue weighted by molar-refractivity contribution is -0.149. The molecule has 0 bridgehead atoms. The van der Waals surface area contributed by atoms with Gasteiger partial charge >= 0.3 is 0 Å². The van der Waals surface area contributed by atoms with Crippen molar-refractivity contribution in [2.75, 3.05) is 44.2 Å². The van der Waals surface area contributed by atoms with Crippen LogP contribution in [0.5, 0.6) is 0 Å². The molecule has 4 rings (SSSR count). The summed E-state index contributed by atoms with van der Waals surface area (Å²) in [4.78, 5) is 32.4. The Morgan fingerprint density at radius 3 is 2.12 bits per heavy atom. The van der Waals surface area contributed by atoms with E-state index in [-0.39, 0.29) is 53.5 Å². The minimum atomic E-state index is -3.03. The maximum Gasteiger partial charge on any atom is 0.237 e. The number of rotatable bonds is 5. The van der Waals surface area contributed by atoms with Gasteiger partial charge in [-0.3, -0.25) is 14.5 Å². The molecule has 1 aliphatic carbocycles. The van der Waals surface area contributed by atoms with Gasteiger partial charge in [-0.2, -0.15) is 0 Å². The standard InChI is InChI=1S/C23H39N3O5S/c1-17-13-25(14-18(2)31-17)23(28)19-7-10-24(11-8-19)15-22(27)26(20-5-3-4-6-20)21-9-12-32(29,30)16-21/h17-21H,3-16H2,1-2H3/t17-,18-,21+/m1/s1. The Kier molecular flexibility index (Phi) is 7.46. The van der Waals surface area contributed by atoms with Crippen LogP contribution >= 0.6 is 0 Å². The summed E-state index contributed by atoms with van der Waals surface area (Å²) in [6, 6.07) is 0.0187. The highest BCUT2D eigenvalue weighted by molar-refractivity contribution is 7.91. The van der Waals surface area contributed by atoms with Crippen molar-refractivity contribution in [3.8, 4) is 0 Å². The second kappa shape index (κ2) is 9.97. The highest BCUT2D eigenvalue weighted by atomic mass is 32.2. The summed E-state index contributed by atoms with van der Waals surface area (Å²) in [6.45, 7) is 7.13. The van der Waals surface area contributed by atoms with Crippen molar-refractivity contribution in [1.82, 2.24) is 14.7 Å². The van der Waals surface area contributed by atoms with Gasteiger partial charge < -0.3 is 14.5 Å². The molecule has 0 radical (unpaired) electrons. The van der Waals surface area contributed by atoms with E-state index < -0.39 is 9.84 Å². The predicted octanol–water partition coefficient (Wildman–Crippen LogP) is 1.29. The number of carbonyl (C=O) groups excluding carboxylic acids is 2. The van der Waals surface area contributed by atoms with Crippen molar-refractivity contribution in [1.29, 1.82) is 0 Å². The molecule has 3 atom stereocenters. The topological polar surface area (TPSA) is 87.2 Å². The Morgan fingerprint density at radius 1 is 0.938 bits per heavy atom. The normalized spacial score (nSPS) is 32.3. The van der Waals surface area contributed by atoms with Crippen LogP contribution in [0.4, 0.5) is 0 Å².